The van der Waals surface area contributed by atoms with E-state index in [-0.39, 0.29) is 6.10 Å². The molecule has 0 N–H and O–H groups in total. The third kappa shape index (κ3) is 2.70. The Morgan fingerprint density at radius 3 is 2.64 bits per heavy atom. The fourth-order valence-electron chi connectivity index (χ4n) is 2.40. The maximum absolute atomic E-state index is 5.68. The van der Waals surface area contributed by atoms with Crippen molar-refractivity contribution in [2.75, 3.05) is 0 Å². The van der Waals surface area contributed by atoms with Crippen LogP contribution in [0.3, 0.4) is 0 Å². The molecule has 3 aromatic rings. The lowest BCUT2D eigenvalue weighted by Crippen LogP contribution is -2.06. The summed E-state index contributed by atoms with van der Waals surface area (Å²) in [6, 6.07) is 3.90. The Morgan fingerprint density at radius 2 is 1.95 bits per heavy atom. The number of hydrogen-bond acceptors (Lipinski definition) is 4. The fourth-order valence-corrected chi connectivity index (χ4v) is 2.71. The summed E-state index contributed by atoms with van der Waals surface area (Å²) in [5, 5.41) is 0. The number of nitrogens with zero attached hydrogens (tertiary/aromatic N) is 4. The van der Waals surface area contributed by atoms with Gasteiger partial charge in [-0.25, -0.2) is 15.0 Å². The van der Waals surface area contributed by atoms with Gasteiger partial charge in [0.2, 0.25) is 0 Å². The molecule has 0 saturated carbocycles. The van der Waals surface area contributed by atoms with Crippen molar-refractivity contribution >= 4 is 27.0 Å². The number of rotatable bonds is 3. The number of aryl methyl sites for hydroxylation is 2. The first-order chi connectivity index (χ1) is 10.5. The molecule has 114 valence electrons. The molecule has 0 aliphatic rings. The lowest BCUT2D eigenvalue weighted by Gasteiger charge is -2.11. The second-order valence-electron chi connectivity index (χ2n) is 5.49. The van der Waals surface area contributed by atoms with Gasteiger partial charge in [0.05, 0.1) is 29.5 Å². The van der Waals surface area contributed by atoms with E-state index in [4.69, 9.17) is 4.74 Å². The van der Waals surface area contributed by atoms with Crippen LogP contribution in [-0.2, 0) is 7.05 Å². The molecule has 0 unspecified atom stereocenters. The summed E-state index contributed by atoms with van der Waals surface area (Å²) in [5.41, 5.74) is 3.75. The van der Waals surface area contributed by atoms with Crippen molar-refractivity contribution in [1.29, 1.82) is 0 Å². The standard InChI is InChI=1S/C16H17BrN4O/c1-9(2)22-11-5-10(3)15(19-7-11)16-20-12-6-14(17)18-8-13(12)21(16)4/h5-9H,1-4H3. The summed E-state index contributed by atoms with van der Waals surface area (Å²) in [6.45, 7) is 6.02. The highest BCUT2D eigenvalue weighted by atomic mass is 79.9. The maximum atomic E-state index is 5.68. The van der Waals surface area contributed by atoms with E-state index in [1.54, 1.807) is 6.20 Å². The van der Waals surface area contributed by atoms with Gasteiger partial charge in [-0.15, -0.1) is 0 Å². The summed E-state index contributed by atoms with van der Waals surface area (Å²) < 4.78 is 8.47. The molecule has 0 aliphatic heterocycles. The van der Waals surface area contributed by atoms with Crippen LogP contribution >= 0.6 is 15.9 Å². The van der Waals surface area contributed by atoms with Crippen LogP contribution in [-0.4, -0.2) is 25.6 Å². The zero-order valence-corrected chi connectivity index (χ0v) is 14.5. The van der Waals surface area contributed by atoms with Gasteiger partial charge >= 0.3 is 0 Å². The average molecular weight is 361 g/mol. The lowest BCUT2D eigenvalue weighted by molar-refractivity contribution is 0.241. The first kappa shape index (κ1) is 15.0. The first-order valence-electron chi connectivity index (χ1n) is 7.07. The minimum absolute atomic E-state index is 0.131. The molecule has 0 spiro atoms. The lowest BCUT2D eigenvalue weighted by atomic mass is 10.2. The predicted octanol–water partition coefficient (Wildman–Crippen LogP) is 3.89. The summed E-state index contributed by atoms with van der Waals surface area (Å²) in [5.74, 6) is 1.60. The number of halogens is 1. The van der Waals surface area contributed by atoms with Gasteiger partial charge in [0, 0.05) is 7.05 Å². The minimum atomic E-state index is 0.131. The Morgan fingerprint density at radius 1 is 1.18 bits per heavy atom. The van der Waals surface area contributed by atoms with Crippen molar-refractivity contribution in [1.82, 2.24) is 19.5 Å². The summed E-state index contributed by atoms with van der Waals surface area (Å²) >= 11 is 3.38. The molecule has 22 heavy (non-hydrogen) atoms. The van der Waals surface area contributed by atoms with Crippen LogP contribution in [0.25, 0.3) is 22.6 Å². The number of aromatic nitrogens is 4. The Labute approximate surface area is 137 Å². The molecule has 0 aliphatic carbocycles. The van der Waals surface area contributed by atoms with E-state index in [2.05, 4.69) is 30.9 Å². The Balaban J connectivity index is 2.09. The highest BCUT2D eigenvalue weighted by Gasteiger charge is 2.14. The molecule has 0 radical (unpaired) electrons. The molecule has 0 saturated heterocycles. The van der Waals surface area contributed by atoms with Crippen molar-refractivity contribution < 1.29 is 4.74 Å². The van der Waals surface area contributed by atoms with Crippen molar-refractivity contribution in [3.8, 4) is 17.3 Å². The normalized spacial score (nSPS) is 11.4. The highest BCUT2D eigenvalue weighted by molar-refractivity contribution is 9.10. The van der Waals surface area contributed by atoms with E-state index >= 15 is 0 Å². The molecule has 0 aromatic carbocycles. The topological polar surface area (TPSA) is 52.8 Å². The molecule has 5 nitrogen and oxygen atoms in total. The summed E-state index contributed by atoms with van der Waals surface area (Å²) in [4.78, 5) is 13.5. The maximum Gasteiger partial charge on any atom is 0.159 e. The number of hydrogen-bond donors (Lipinski definition) is 0. The molecule has 0 amide bonds. The molecule has 6 heteroatoms. The molecule has 3 heterocycles. The monoisotopic (exact) mass is 360 g/mol. The largest absolute Gasteiger partial charge is 0.489 e. The van der Waals surface area contributed by atoms with Gasteiger partial charge in [-0.1, -0.05) is 0 Å². The Kier molecular flexibility index (Phi) is 3.87. The molecule has 3 rings (SSSR count). The van der Waals surface area contributed by atoms with Gasteiger partial charge in [-0.2, -0.15) is 0 Å². The fraction of sp³-hybridized carbons (Fsp3) is 0.312. The van der Waals surface area contributed by atoms with Crippen LogP contribution in [0.15, 0.2) is 29.1 Å². The number of fused-ring (bicyclic) bond motifs is 1. The van der Waals surface area contributed by atoms with Crippen LogP contribution in [0.4, 0.5) is 0 Å². The van der Waals surface area contributed by atoms with E-state index in [1.807, 2.05) is 50.7 Å². The van der Waals surface area contributed by atoms with Crippen LogP contribution in [0.5, 0.6) is 5.75 Å². The Bertz CT molecular complexity index is 842. The average Bonchev–Trinajstić information content (AvgIpc) is 2.75. The smallest absolute Gasteiger partial charge is 0.159 e. The van der Waals surface area contributed by atoms with Gasteiger partial charge in [0.15, 0.2) is 5.82 Å². The summed E-state index contributed by atoms with van der Waals surface area (Å²) in [7, 11) is 1.97. The van der Waals surface area contributed by atoms with E-state index in [9.17, 15) is 0 Å². The van der Waals surface area contributed by atoms with Crippen molar-refractivity contribution in [2.24, 2.45) is 7.05 Å². The number of ether oxygens (including phenoxy) is 1. The van der Waals surface area contributed by atoms with Gasteiger partial charge < -0.3 is 9.30 Å². The molecule has 3 aromatic heterocycles. The van der Waals surface area contributed by atoms with Crippen LogP contribution in [0, 0.1) is 6.92 Å². The second kappa shape index (κ2) is 5.68. The molecule has 0 fully saturated rings. The molecular weight excluding hydrogens is 344 g/mol. The quantitative estimate of drug-likeness (QED) is 0.665. The minimum Gasteiger partial charge on any atom is -0.489 e. The van der Waals surface area contributed by atoms with Gasteiger partial charge in [-0.05, 0) is 54.4 Å². The number of pyridine rings is 2. The van der Waals surface area contributed by atoms with E-state index < -0.39 is 0 Å². The SMILES string of the molecule is Cc1cc(OC(C)C)cnc1-c1nc2cc(Br)ncc2n1C. The van der Waals surface area contributed by atoms with Gasteiger partial charge in [0.25, 0.3) is 0 Å². The van der Waals surface area contributed by atoms with Gasteiger partial charge in [0.1, 0.15) is 16.0 Å². The van der Waals surface area contributed by atoms with Gasteiger partial charge in [-0.3, -0.25) is 0 Å². The van der Waals surface area contributed by atoms with Crippen LogP contribution < -0.4 is 4.74 Å². The van der Waals surface area contributed by atoms with Crippen molar-refractivity contribution in [2.45, 2.75) is 26.9 Å². The third-order valence-electron chi connectivity index (χ3n) is 3.37. The highest BCUT2D eigenvalue weighted by Crippen LogP contribution is 2.27. The number of imidazole rings is 1. The Hall–Kier alpha value is -1.95. The second-order valence-corrected chi connectivity index (χ2v) is 6.31. The zero-order valence-electron chi connectivity index (χ0n) is 13.0. The summed E-state index contributed by atoms with van der Waals surface area (Å²) in [6.07, 6.45) is 3.68. The van der Waals surface area contributed by atoms with E-state index in [1.165, 1.54) is 0 Å². The van der Waals surface area contributed by atoms with Crippen molar-refractivity contribution in [3.63, 3.8) is 0 Å². The first-order valence-corrected chi connectivity index (χ1v) is 7.86. The molecule has 0 atom stereocenters. The predicted molar refractivity (Wildman–Crippen MR) is 89.9 cm³/mol. The van der Waals surface area contributed by atoms with Crippen molar-refractivity contribution in [3.05, 3.63) is 34.7 Å². The van der Waals surface area contributed by atoms with Crippen LogP contribution in [0.2, 0.25) is 0 Å². The molecule has 0 bridgehead atoms. The van der Waals surface area contributed by atoms with Crippen LogP contribution in [0.1, 0.15) is 19.4 Å². The zero-order chi connectivity index (χ0) is 15.9. The van der Waals surface area contributed by atoms with E-state index in [0.717, 1.165) is 38.5 Å². The van der Waals surface area contributed by atoms with E-state index in [0.29, 0.717) is 0 Å². The third-order valence-corrected chi connectivity index (χ3v) is 3.80. The molecular formula is C16H17BrN4O.